The Hall–Kier alpha value is -1.33. The predicted molar refractivity (Wildman–Crippen MR) is 55.5 cm³/mol. The highest BCUT2D eigenvalue weighted by Gasteiger charge is 2.15. The van der Waals surface area contributed by atoms with E-state index in [0.29, 0.717) is 17.1 Å². The molecule has 0 bridgehead atoms. The van der Waals surface area contributed by atoms with Crippen molar-refractivity contribution in [2.45, 2.75) is 6.04 Å². The second-order valence-corrected chi connectivity index (χ2v) is 3.07. The van der Waals surface area contributed by atoms with E-state index >= 15 is 0 Å². The molecule has 0 spiro atoms. The highest BCUT2D eigenvalue weighted by molar-refractivity contribution is 5.44. The van der Waals surface area contributed by atoms with Gasteiger partial charge in [-0.15, -0.1) is 0 Å². The van der Waals surface area contributed by atoms with Crippen molar-refractivity contribution in [2.24, 2.45) is 11.5 Å². The van der Waals surface area contributed by atoms with E-state index in [-0.39, 0.29) is 6.54 Å². The van der Waals surface area contributed by atoms with Gasteiger partial charge in [0.25, 0.3) is 0 Å². The molecule has 0 aromatic heterocycles. The fourth-order valence-electron chi connectivity index (χ4n) is 1.28. The molecule has 0 fully saturated rings. The third-order valence-electron chi connectivity index (χ3n) is 2.16. The van der Waals surface area contributed by atoms with Gasteiger partial charge in [0.2, 0.25) is 0 Å². The first-order valence-corrected chi connectivity index (χ1v) is 4.51. The zero-order valence-electron chi connectivity index (χ0n) is 8.79. The topological polar surface area (TPSA) is 70.5 Å². The van der Waals surface area contributed by atoms with Crippen molar-refractivity contribution in [1.82, 2.24) is 0 Å². The standard InChI is InChI=1S/C10H15FN2O2/c1-14-9-3-6(8(13)5-12)7(11)4-10(9)15-2/h3-4,8H,5,12-13H2,1-2H3/t8-/m0/s1. The number of hydrogen-bond acceptors (Lipinski definition) is 4. The molecule has 84 valence electrons. The van der Waals surface area contributed by atoms with Crippen LogP contribution in [0.3, 0.4) is 0 Å². The first-order chi connectivity index (χ1) is 7.13. The molecular formula is C10H15FN2O2. The number of ether oxygens (including phenoxy) is 2. The van der Waals surface area contributed by atoms with Gasteiger partial charge in [-0.25, -0.2) is 4.39 Å². The highest BCUT2D eigenvalue weighted by atomic mass is 19.1. The third kappa shape index (κ3) is 2.37. The number of halogens is 1. The van der Waals surface area contributed by atoms with E-state index in [1.54, 1.807) is 0 Å². The Morgan fingerprint density at radius 2 is 1.80 bits per heavy atom. The zero-order chi connectivity index (χ0) is 11.4. The molecule has 1 atom stereocenters. The van der Waals surface area contributed by atoms with Gasteiger partial charge in [0, 0.05) is 24.2 Å². The zero-order valence-corrected chi connectivity index (χ0v) is 8.79. The van der Waals surface area contributed by atoms with Gasteiger partial charge < -0.3 is 20.9 Å². The number of hydrogen-bond donors (Lipinski definition) is 2. The van der Waals surface area contributed by atoms with Crippen molar-refractivity contribution in [3.8, 4) is 11.5 Å². The second kappa shape index (κ2) is 4.95. The summed E-state index contributed by atoms with van der Waals surface area (Å²) in [6.07, 6.45) is 0. The monoisotopic (exact) mass is 214 g/mol. The van der Waals surface area contributed by atoms with Gasteiger partial charge in [0.1, 0.15) is 5.82 Å². The van der Waals surface area contributed by atoms with Gasteiger partial charge in [-0.3, -0.25) is 0 Å². The van der Waals surface area contributed by atoms with Crippen molar-refractivity contribution >= 4 is 0 Å². The molecule has 0 saturated heterocycles. The predicted octanol–water partition coefficient (Wildman–Crippen LogP) is 0.801. The summed E-state index contributed by atoms with van der Waals surface area (Å²) < 4.78 is 23.5. The van der Waals surface area contributed by atoms with Crippen LogP contribution >= 0.6 is 0 Å². The molecule has 1 aromatic rings. The lowest BCUT2D eigenvalue weighted by atomic mass is 10.1. The average molecular weight is 214 g/mol. The lowest BCUT2D eigenvalue weighted by Gasteiger charge is -2.14. The van der Waals surface area contributed by atoms with Gasteiger partial charge in [-0.1, -0.05) is 0 Å². The minimum Gasteiger partial charge on any atom is -0.493 e. The minimum absolute atomic E-state index is 0.173. The highest BCUT2D eigenvalue weighted by Crippen LogP contribution is 2.31. The molecule has 1 rings (SSSR count). The summed E-state index contributed by atoms with van der Waals surface area (Å²) in [6, 6.07) is 2.21. The Bertz CT molecular complexity index is 344. The quantitative estimate of drug-likeness (QED) is 0.777. The molecule has 1 aromatic carbocycles. The molecule has 0 unspecified atom stereocenters. The van der Waals surface area contributed by atoms with Crippen LogP contribution in [-0.2, 0) is 0 Å². The summed E-state index contributed by atoms with van der Waals surface area (Å²) in [5.74, 6) is 0.339. The summed E-state index contributed by atoms with van der Waals surface area (Å²) >= 11 is 0. The molecule has 15 heavy (non-hydrogen) atoms. The summed E-state index contributed by atoms with van der Waals surface area (Å²) in [6.45, 7) is 0.173. The molecule has 0 radical (unpaired) electrons. The summed E-state index contributed by atoms with van der Waals surface area (Å²) in [7, 11) is 2.92. The van der Waals surface area contributed by atoms with Crippen molar-refractivity contribution in [3.63, 3.8) is 0 Å². The van der Waals surface area contributed by atoms with Crippen LogP contribution in [0.4, 0.5) is 4.39 Å². The Kier molecular flexibility index (Phi) is 3.88. The molecule has 0 aliphatic rings. The molecule has 5 heteroatoms. The minimum atomic E-state index is -0.537. The lowest BCUT2D eigenvalue weighted by Crippen LogP contribution is -2.22. The molecule has 4 N–H and O–H groups in total. The lowest BCUT2D eigenvalue weighted by molar-refractivity contribution is 0.351. The fraction of sp³-hybridized carbons (Fsp3) is 0.400. The van der Waals surface area contributed by atoms with Crippen LogP contribution in [0.15, 0.2) is 12.1 Å². The van der Waals surface area contributed by atoms with E-state index in [2.05, 4.69) is 0 Å². The van der Waals surface area contributed by atoms with Crippen LogP contribution in [0, 0.1) is 5.82 Å². The van der Waals surface area contributed by atoms with Crippen LogP contribution < -0.4 is 20.9 Å². The molecule has 0 aliphatic carbocycles. The van der Waals surface area contributed by atoms with E-state index in [9.17, 15) is 4.39 Å². The van der Waals surface area contributed by atoms with Crippen molar-refractivity contribution in [2.75, 3.05) is 20.8 Å². The largest absolute Gasteiger partial charge is 0.493 e. The SMILES string of the molecule is COc1cc(F)c([C@@H](N)CN)cc1OC. The first-order valence-electron chi connectivity index (χ1n) is 4.51. The van der Waals surface area contributed by atoms with Crippen molar-refractivity contribution in [1.29, 1.82) is 0 Å². The van der Waals surface area contributed by atoms with Crippen molar-refractivity contribution in [3.05, 3.63) is 23.5 Å². The van der Waals surface area contributed by atoms with E-state index in [1.807, 2.05) is 0 Å². The second-order valence-electron chi connectivity index (χ2n) is 3.07. The number of benzene rings is 1. The van der Waals surface area contributed by atoms with Crippen LogP contribution in [0.2, 0.25) is 0 Å². The third-order valence-corrected chi connectivity index (χ3v) is 2.16. The van der Waals surface area contributed by atoms with E-state index in [4.69, 9.17) is 20.9 Å². The van der Waals surface area contributed by atoms with Gasteiger partial charge in [0.05, 0.1) is 14.2 Å². The van der Waals surface area contributed by atoms with E-state index in [0.717, 1.165) is 0 Å². The summed E-state index contributed by atoms with van der Waals surface area (Å²) in [5.41, 5.74) is 11.3. The molecule has 0 amide bonds. The molecule has 4 nitrogen and oxygen atoms in total. The van der Waals surface area contributed by atoms with Gasteiger partial charge in [-0.05, 0) is 6.07 Å². The van der Waals surface area contributed by atoms with Gasteiger partial charge >= 0.3 is 0 Å². The smallest absolute Gasteiger partial charge is 0.163 e. The van der Waals surface area contributed by atoms with Crippen LogP contribution in [0.25, 0.3) is 0 Å². The Labute approximate surface area is 88.0 Å². The number of methoxy groups -OCH3 is 2. The van der Waals surface area contributed by atoms with Crippen LogP contribution in [0.1, 0.15) is 11.6 Å². The Morgan fingerprint density at radius 1 is 1.27 bits per heavy atom. The number of nitrogens with two attached hydrogens (primary N) is 2. The number of rotatable bonds is 4. The molecule has 0 aliphatic heterocycles. The Morgan fingerprint density at radius 3 is 2.27 bits per heavy atom. The average Bonchev–Trinajstić information content (AvgIpc) is 2.27. The van der Waals surface area contributed by atoms with Crippen molar-refractivity contribution < 1.29 is 13.9 Å². The molecule has 0 saturated carbocycles. The van der Waals surface area contributed by atoms with Crippen LogP contribution in [-0.4, -0.2) is 20.8 Å². The summed E-state index contributed by atoms with van der Waals surface area (Å²) in [5, 5.41) is 0. The molecular weight excluding hydrogens is 199 g/mol. The van der Waals surface area contributed by atoms with E-state index in [1.165, 1.54) is 26.4 Å². The maximum atomic E-state index is 13.5. The fourth-order valence-corrected chi connectivity index (χ4v) is 1.28. The maximum Gasteiger partial charge on any atom is 0.163 e. The summed E-state index contributed by atoms with van der Waals surface area (Å²) in [4.78, 5) is 0. The normalized spacial score (nSPS) is 12.3. The molecule has 0 heterocycles. The maximum absolute atomic E-state index is 13.5. The first kappa shape index (κ1) is 11.7. The van der Waals surface area contributed by atoms with Crippen LogP contribution in [0.5, 0.6) is 11.5 Å². The van der Waals surface area contributed by atoms with Gasteiger partial charge in [0.15, 0.2) is 11.5 Å². The van der Waals surface area contributed by atoms with Gasteiger partial charge in [-0.2, -0.15) is 0 Å². The van der Waals surface area contributed by atoms with E-state index < -0.39 is 11.9 Å². The Balaban J connectivity index is 3.19.